The van der Waals surface area contributed by atoms with Gasteiger partial charge < -0.3 is 16.4 Å². The van der Waals surface area contributed by atoms with Gasteiger partial charge in [0.1, 0.15) is 0 Å². The van der Waals surface area contributed by atoms with Crippen LogP contribution in [0.5, 0.6) is 0 Å². The van der Waals surface area contributed by atoms with Crippen molar-refractivity contribution in [2.45, 2.75) is 20.8 Å². The minimum Gasteiger partial charge on any atom is -0.397 e. The van der Waals surface area contributed by atoms with Crippen molar-refractivity contribution >= 4 is 17.1 Å². The quantitative estimate of drug-likeness (QED) is 0.732. The van der Waals surface area contributed by atoms with E-state index in [0.29, 0.717) is 11.4 Å². The summed E-state index contributed by atoms with van der Waals surface area (Å²) in [5, 5.41) is 0. The van der Waals surface area contributed by atoms with Crippen LogP contribution in [0.2, 0.25) is 0 Å². The van der Waals surface area contributed by atoms with Crippen molar-refractivity contribution < 1.29 is 0 Å². The van der Waals surface area contributed by atoms with Gasteiger partial charge in [0.2, 0.25) is 0 Å². The lowest BCUT2D eigenvalue weighted by molar-refractivity contribution is 0.419. The minimum atomic E-state index is 0.269. The van der Waals surface area contributed by atoms with Gasteiger partial charge in [0.25, 0.3) is 0 Å². The maximum Gasteiger partial charge on any atom is 0.0568 e. The number of hydrogen-bond donors (Lipinski definition) is 2. The van der Waals surface area contributed by atoms with E-state index in [2.05, 4.69) is 32.7 Å². The number of nitrogens with zero attached hydrogens (tertiary/aromatic N) is 1. The number of hydrogen-bond acceptors (Lipinski definition) is 3. The Kier molecular flexibility index (Phi) is 3.12. The van der Waals surface area contributed by atoms with Gasteiger partial charge in [-0.3, -0.25) is 0 Å². The first kappa shape index (κ1) is 11.7. The maximum atomic E-state index is 5.77. The van der Waals surface area contributed by atoms with Gasteiger partial charge in [0.05, 0.1) is 11.4 Å². The second kappa shape index (κ2) is 4.01. The standard InChI is InChI=1S/C12H21N3/c1-12(2,3)8-15(4)9-5-6-10(13)11(14)7-9/h5-7H,8,13-14H2,1-4H3. The highest BCUT2D eigenvalue weighted by atomic mass is 15.1. The van der Waals surface area contributed by atoms with Gasteiger partial charge in [-0.2, -0.15) is 0 Å². The van der Waals surface area contributed by atoms with Crippen LogP contribution < -0.4 is 16.4 Å². The number of rotatable bonds is 2. The van der Waals surface area contributed by atoms with E-state index in [1.165, 1.54) is 0 Å². The predicted octanol–water partition coefficient (Wildman–Crippen LogP) is 2.33. The molecule has 84 valence electrons. The third-order valence-corrected chi connectivity index (χ3v) is 2.22. The fourth-order valence-corrected chi connectivity index (χ4v) is 1.60. The third kappa shape index (κ3) is 3.35. The van der Waals surface area contributed by atoms with Crippen molar-refractivity contribution in [1.29, 1.82) is 0 Å². The van der Waals surface area contributed by atoms with E-state index in [-0.39, 0.29) is 5.41 Å². The second-order valence-electron chi connectivity index (χ2n) is 5.23. The lowest BCUT2D eigenvalue weighted by Crippen LogP contribution is -2.29. The van der Waals surface area contributed by atoms with Crippen LogP contribution in [0, 0.1) is 5.41 Å². The molecule has 1 aromatic rings. The molecule has 1 aromatic carbocycles. The van der Waals surface area contributed by atoms with Crippen LogP contribution in [0.15, 0.2) is 18.2 Å². The van der Waals surface area contributed by atoms with E-state index < -0.39 is 0 Å². The highest BCUT2D eigenvalue weighted by molar-refractivity contribution is 5.69. The molecule has 3 nitrogen and oxygen atoms in total. The summed E-state index contributed by atoms with van der Waals surface area (Å²) in [6, 6.07) is 5.77. The van der Waals surface area contributed by atoms with Crippen LogP contribution in [0.1, 0.15) is 20.8 Å². The third-order valence-electron chi connectivity index (χ3n) is 2.22. The normalized spacial score (nSPS) is 11.5. The Morgan fingerprint density at radius 2 is 1.73 bits per heavy atom. The Morgan fingerprint density at radius 1 is 1.13 bits per heavy atom. The van der Waals surface area contributed by atoms with Gasteiger partial charge in [0.15, 0.2) is 0 Å². The largest absolute Gasteiger partial charge is 0.397 e. The van der Waals surface area contributed by atoms with Crippen molar-refractivity contribution in [2.75, 3.05) is 30.0 Å². The highest BCUT2D eigenvalue weighted by Crippen LogP contribution is 2.24. The topological polar surface area (TPSA) is 55.3 Å². The van der Waals surface area contributed by atoms with Gasteiger partial charge in [-0.25, -0.2) is 0 Å². The molecule has 0 spiro atoms. The van der Waals surface area contributed by atoms with Crippen LogP contribution in [0.4, 0.5) is 17.1 Å². The van der Waals surface area contributed by atoms with Crippen LogP contribution in [0.3, 0.4) is 0 Å². The Hall–Kier alpha value is -1.38. The van der Waals surface area contributed by atoms with Gasteiger partial charge in [-0.1, -0.05) is 20.8 Å². The summed E-state index contributed by atoms with van der Waals surface area (Å²) >= 11 is 0. The van der Waals surface area contributed by atoms with E-state index in [1.54, 1.807) is 0 Å². The van der Waals surface area contributed by atoms with Crippen LogP contribution in [-0.4, -0.2) is 13.6 Å². The highest BCUT2D eigenvalue weighted by Gasteiger charge is 2.14. The molecule has 0 fully saturated rings. The molecule has 0 unspecified atom stereocenters. The lowest BCUT2D eigenvalue weighted by atomic mass is 9.96. The molecule has 3 heteroatoms. The van der Waals surface area contributed by atoms with E-state index >= 15 is 0 Å². The second-order valence-corrected chi connectivity index (χ2v) is 5.23. The zero-order valence-corrected chi connectivity index (χ0v) is 10.0. The molecule has 0 aliphatic carbocycles. The molecule has 0 radical (unpaired) electrons. The summed E-state index contributed by atoms with van der Waals surface area (Å²) in [6.45, 7) is 7.62. The monoisotopic (exact) mass is 207 g/mol. The first-order chi connectivity index (χ1) is 6.79. The zero-order chi connectivity index (χ0) is 11.6. The number of nitrogen functional groups attached to an aromatic ring is 2. The summed E-state index contributed by atoms with van der Waals surface area (Å²) in [5.41, 5.74) is 14.1. The van der Waals surface area contributed by atoms with Crippen molar-refractivity contribution in [3.63, 3.8) is 0 Å². The number of anilines is 3. The Bertz CT molecular complexity index is 339. The molecule has 0 aromatic heterocycles. The van der Waals surface area contributed by atoms with Crippen molar-refractivity contribution in [3.8, 4) is 0 Å². The SMILES string of the molecule is CN(CC(C)(C)C)c1ccc(N)c(N)c1. The molecule has 15 heavy (non-hydrogen) atoms. The van der Waals surface area contributed by atoms with E-state index in [4.69, 9.17) is 11.5 Å². The predicted molar refractivity (Wildman–Crippen MR) is 68.0 cm³/mol. The summed E-state index contributed by atoms with van der Waals surface area (Å²) in [6.07, 6.45) is 0. The summed E-state index contributed by atoms with van der Waals surface area (Å²) < 4.78 is 0. The fraction of sp³-hybridized carbons (Fsp3) is 0.500. The average molecular weight is 207 g/mol. The van der Waals surface area contributed by atoms with Crippen LogP contribution in [-0.2, 0) is 0 Å². The molecular formula is C12H21N3. The Morgan fingerprint density at radius 3 is 2.20 bits per heavy atom. The van der Waals surface area contributed by atoms with Gasteiger partial charge in [-0.05, 0) is 23.6 Å². The number of benzene rings is 1. The molecule has 1 rings (SSSR count). The Balaban J connectivity index is 2.83. The molecule has 0 aliphatic heterocycles. The molecule has 0 heterocycles. The minimum absolute atomic E-state index is 0.269. The van der Waals surface area contributed by atoms with E-state index in [1.807, 2.05) is 18.2 Å². The molecule has 0 aliphatic rings. The number of nitrogens with two attached hydrogens (primary N) is 2. The molecular weight excluding hydrogens is 186 g/mol. The smallest absolute Gasteiger partial charge is 0.0568 e. The van der Waals surface area contributed by atoms with Crippen molar-refractivity contribution in [2.24, 2.45) is 5.41 Å². The van der Waals surface area contributed by atoms with Crippen molar-refractivity contribution in [1.82, 2.24) is 0 Å². The van der Waals surface area contributed by atoms with E-state index in [9.17, 15) is 0 Å². The molecule has 0 saturated heterocycles. The molecule has 0 saturated carbocycles. The van der Waals surface area contributed by atoms with Crippen LogP contribution in [0.25, 0.3) is 0 Å². The lowest BCUT2D eigenvalue weighted by Gasteiger charge is -2.28. The maximum absolute atomic E-state index is 5.77. The zero-order valence-electron chi connectivity index (χ0n) is 10.0. The molecule has 0 amide bonds. The molecule has 0 atom stereocenters. The Labute approximate surface area is 92.1 Å². The first-order valence-corrected chi connectivity index (χ1v) is 5.16. The van der Waals surface area contributed by atoms with Gasteiger partial charge in [-0.15, -0.1) is 0 Å². The average Bonchev–Trinajstić information content (AvgIpc) is 2.06. The summed E-state index contributed by atoms with van der Waals surface area (Å²) in [7, 11) is 2.07. The van der Waals surface area contributed by atoms with Crippen molar-refractivity contribution in [3.05, 3.63) is 18.2 Å². The van der Waals surface area contributed by atoms with E-state index in [0.717, 1.165) is 12.2 Å². The van der Waals surface area contributed by atoms with Gasteiger partial charge >= 0.3 is 0 Å². The molecule has 4 N–H and O–H groups in total. The summed E-state index contributed by atoms with van der Waals surface area (Å²) in [5.74, 6) is 0. The summed E-state index contributed by atoms with van der Waals surface area (Å²) in [4.78, 5) is 2.19. The fourth-order valence-electron chi connectivity index (χ4n) is 1.60. The van der Waals surface area contributed by atoms with Gasteiger partial charge in [0, 0.05) is 19.3 Å². The van der Waals surface area contributed by atoms with Crippen LogP contribution >= 0.6 is 0 Å². The first-order valence-electron chi connectivity index (χ1n) is 5.16. The molecule has 0 bridgehead atoms.